The molecule has 2 aliphatic rings. The van der Waals surface area contributed by atoms with Crippen molar-refractivity contribution in [2.24, 2.45) is 5.41 Å². The van der Waals surface area contributed by atoms with Crippen molar-refractivity contribution in [1.82, 2.24) is 10.4 Å². The lowest BCUT2D eigenvalue weighted by atomic mass is 9.68. The van der Waals surface area contributed by atoms with E-state index in [1.54, 1.807) is 11.5 Å². The smallest absolute Gasteiger partial charge is 0.274 e. The van der Waals surface area contributed by atoms with Crippen LogP contribution in [-0.4, -0.2) is 29.1 Å². The fourth-order valence-corrected chi connectivity index (χ4v) is 3.82. The average molecular weight is 320 g/mol. The summed E-state index contributed by atoms with van der Waals surface area (Å²) in [7, 11) is 0. The predicted octanol–water partition coefficient (Wildman–Crippen LogP) is 3.27. The van der Waals surface area contributed by atoms with Crippen LogP contribution in [0.25, 0.3) is 0 Å². The van der Waals surface area contributed by atoms with Gasteiger partial charge in [-0.3, -0.25) is 14.9 Å². The van der Waals surface area contributed by atoms with Gasteiger partial charge in [-0.05, 0) is 61.8 Å². The van der Waals surface area contributed by atoms with E-state index in [1.165, 1.54) is 38.2 Å². The molecule has 1 heterocycles. The molecule has 1 aromatic carbocycles. The Morgan fingerprint density at radius 3 is 2.87 bits per heavy atom. The van der Waals surface area contributed by atoms with Gasteiger partial charge >= 0.3 is 0 Å². The number of halogens is 1. The third kappa shape index (κ3) is 3.56. The van der Waals surface area contributed by atoms with E-state index in [0.717, 1.165) is 25.1 Å². The first-order valence-electron chi connectivity index (χ1n) is 8.49. The Labute approximate surface area is 136 Å². The minimum atomic E-state index is -0.664. The molecule has 23 heavy (non-hydrogen) atoms. The molecule has 126 valence electrons. The summed E-state index contributed by atoms with van der Waals surface area (Å²) in [6.07, 6.45) is 7.23. The first-order valence-corrected chi connectivity index (χ1v) is 8.49. The zero-order chi connectivity index (χ0) is 16.4. The number of hydroxylamine groups is 1. The van der Waals surface area contributed by atoms with Crippen LogP contribution in [0.5, 0.6) is 0 Å². The lowest BCUT2D eigenvalue weighted by molar-refractivity contribution is 0.0705. The number of carbonyl (C=O) groups excluding carboxylic acids is 1. The van der Waals surface area contributed by atoms with E-state index in [-0.39, 0.29) is 11.4 Å². The molecule has 0 saturated heterocycles. The van der Waals surface area contributed by atoms with Crippen molar-refractivity contribution in [1.29, 1.82) is 0 Å². The molecule has 1 saturated carbocycles. The van der Waals surface area contributed by atoms with Crippen molar-refractivity contribution in [3.05, 3.63) is 34.6 Å². The highest BCUT2D eigenvalue weighted by atomic mass is 19.1. The highest BCUT2D eigenvalue weighted by Crippen LogP contribution is 2.44. The summed E-state index contributed by atoms with van der Waals surface area (Å²) in [5.74, 6) is -1.01. The summed E-state index contributed by atoms with van der Waals surface area (Å²) in [6, 6.07) is 2.90. The molecular formula is C18H25FN2O2. The number of benzene rings is 1. The van der Waals surface area contributed by atoms with Gasteiger partial charge in [-0.2, -0.15) is 0 Å². The van der Waals surface area contributed by atoms with Gasteiger partial charge < -0.3 is 0 Å². The second kappa shape index (κ2) is 6.57. The van der Waals surface area contributed by atoms with Gasteiger partial charge in [0.15, 0.2) is 0 Å². The molecular weight excluding hydrogens is 295 g/mol. The Kier molecular flexibility index (Phi) is 4.69. The molecule has 1 aliphatic carbocycles. The van der Waals surface area contributed by atoms with Gasteiger partial charge in [0.2, 0.25) is 0 Å². The van der Waals surface area contributed by atoms with Crippen molar-refractivity contribution >= 4 is 5.91 Å². The topological polar surface area (TPSA) is 52.6 Å². The molecule has 1 amide bonds. The van der Waals surface area contributed by atoms with Gasteiger partial charge in [-0.25, -0.2) is 9.87 Å². The lowest BCUT2D eigenvalue weighted by Crippen LogP contribution is -2.34. The number of fused-ring (bicyclic) bond motifs is 1. The van der Waals surface area contributed by atoms with Crippen molar-refractivity contribution < 1.29 is 14.4 Å². The third-order valence-electron chi connectivity index (χ3n) is 5.55. The Balaban J connectivity index is 1.60. The van der Waals surface area contributed by atoms with Gasteiger partial charge in [0.25, 0.3) is 5.91 Å². The van der Waals surface area contributed by atoms with E-state index in [0.29, 0.717) is 17.5 Å². The van der Waals surface area contributed by atoms with E-state index in [1.807, 2.05) is 0 Å². The molecule has 2 N–H and O–H groups in total. The van der Waals surface area contributed by atoms with E-state index in [2.05, 4.69) is 11.8 Å². The number of nitrogens with one attached hydrogen (secondary N) is 1. The van der Waals surface area contributed by atoms with Crippen LogP contribution in [0.3, 0.4) is 0 Å². The fourth-order valence-electron chi connectivity index (χ4n) is 3.82. The van der Waals surface area contributed by atoms with Crippen LogP contribution in [0.4, 0.5) is 4.39 Å². The van der Waals surface area contributed by atoms with Crippen LogP contribution in [0, 0.1) is 11.2 Å². The first-order chi connectivity index (χ1) is 11.0. The average Bonchev–Trinajstić information content (AvgIpc) is 2.52. The van der Waals surface area contributed by atoms with Crippen LogP contribution in [0.15, 0.2) is 12.1 Å². The van der Waals surface area contributed by atoms with E-state index >= 15 is 0 Å². The van der Waals surface area contributed by atoms with Crippen LogP contribution in [0.1, 0.15) is 60.5 Å². The molecule has 0 spiro atoms. The number of carbonyl (C=O) groups is 1. The minimum absolute atomic E-state index is 0.176. The van der Waals surface area contributed by atoms with Crippen molar-refractivity contribution in [3.8, 4) is 0 Å². The summed E-state index contributed by atoms with van der Waals surface area (Å²) in [5.41, 5.74) is 3.86. The largest absolute Gasteiger partial charge is 0.299 e. The number of hydrogen-bond acceptors (Lipinski definition) is 3. The standard InChI is InChI=1S/C18H25FN2O2/c1-18(5-2-6-18)7-3-8-21-9-4-13-10-14(17(22)20-23)11-16(19)15(13)12-21/h10-11,23H,2-9,12H2,1H3,(H,20,22). The maximum absolute atomic E-state index is 14.3. The van der Waals surface area contributed by atoms with Crippen molar-refractivity contribution in [2.45, 2.75) is 52.0 Å². The third-order valence-corrected chi connectivity index (χ3v) is 5.55. The van der Waals surface area contributed by atoms with E-state index in [9.17, 15) is 9.18 Å². The second-order valence-corrected chi connectivity index (χ2v) is 7.33. The number of rotatable bonds is 5. The zero-order valence-electron chi connectivity index (χ0n) is 13.7. The highest BCUT2D eigenvalue weighted by molar-refractivity contribution is 5.93. The van der Waals surface area contributed by atoms with Crippen LogP contribution in [-0.2, 0) is 13.0 Å². The summed E-state index contributed by atoms with van der Waals surface area (Å²) in [6.45, 7) is 4.88. The molecule has 0 radical (unpaired) electrons. The monoisotopic (exact) mass is 320 g/mol. The molecule has 0 bridgehead atoms. The van der Waals surface area contributed by atoms with Crippen molar-refractivity contribution in [2.75, 3.05) is 13.1 Å². The summed E-state index contributed by atoms with van der Waals surface area (Å²) >= 11 is 0. The Hall–Kier alpha value is -1.46. The maximum atomic E-state index is 14.3. The van der Waals surface area contributed by atoms with Crippen LogP contribution in [0.2, 0.25) is 0 Å². The molecule has 1 aromatic rings. The molecule has 1 fully saturated rings. The Bertz CT molecular complexity index is 599. The molecule has 1 aliphatic heterocycles. The summed E-state index contributed by atoms with van der Waals surface area (Å²) < 4.78 is 14.3. The molecule has 0 aromatic heterocycles. The quantitative estimate of drug-likeness (QED) is 0.647. The zero-order valence-corrected chi connectivity index (χ0v) is 13.7. The summed E-state index contributed by atoms with van der Waals surface area (Å²) in [5, 5.41) is 8.68. The van der Waals surface area contributed by atoms with E-state index < -0.39 is 5.91 Å². The van der Waals surface area contributed by atoms with Crippen LogP contribution >= 0.6 is 0 Å². The van der Waals surface area contributed by atoms with Gasteiger partial charge in [-0.15, -0.1) is 0 Å². The highest BCUT2D eigenvalue weighted by Gasteiger charge is 2.31. The molecule has 4 nitrogen and oxygen atoms in total. The Morgan fingerprint density at radius 2 is 2.22 bits per heavy atom. The molecule has 0 atom stereocenters. The normalized spacial score (nSPS) is 19.8. The molecule has 3 rings (SSSR count). The lowest BCUT2D eigenvalue weighted by Gasteiger charge is -2.39. The van der Waals surface area contributed by atoms with Crippen LogP contribution < -0.4 is 5.48 Å². The van der Waals surface area contributed by atoms with E-state index in [4.69, 9.17) is 5.21 Å². The number of hydrogen-bond donors (Lipinski definition) is 2. The first kappa shape index (κ1) is 16.4. The SMILES string of the molecule is CC1(CCCN2CCc3cc(C(=O)NO)cc(F)c3C2)CCC1. The fraction of sp³-hybridized carbons (Fsp3) is 0.611. The van der Waals surface area contributed by atoms with Gasteiger partial charge in [0.1, 0.15) is 5.82 Å². The summed E-state index contributed by atoms with van der Waals surface area (Å²) in [4.78, 5) is 13.8. The van der Waals surface area contributed by atoms with Crippen molar-refractivity contribution in [3.63, 3.8) is 0 Å². The van der Waals surface area contributed by atoms with Gasteiger partial charge in [0, 0.05) is 24.2 Å². The molecule has 0 unspecified atom stereocenters. The number of nitrogens with zero attached hydrogens (tertiary/aromatic N) is 1. The minimum Gasteiger partial charge on any atom is -0.299 e. The maximum Gasteiger partial charge on any atom is 0.274 e. The van der Waals surface area contributed by atoms with Gasteiger partial charge in [-0.1, -0.05) is 13.3 Å². The predicted molar refractivity (Wildman–Crippen MR) is 85.8 cm³/mol. The second-order valence-electron chi connectivity index (χ2n) is 7.33. The molecule has 5 heteroatoms. The van der Waals surface area contributed by atoms with Gasteiger partial charge in [0.05, 0.1) is 0 Å². The Morgan fingerprint density at radius 1 is 1.43 bits per heavy atom. The number of amides is 1.